The Morgan fingerprint density at radius 3 is 2.60 bits per heavy atom. The van der Waals surface area contributed by atoms with E-state index in [-0.39, 0.29) is 35.7 Å². The maximum atomic E-state index is 14.2. The van der Waals surface area contributed by atoms with Crippen LogP contribution in [-0.4, -0.2) is 32.6 Å². The molecule has 134 valence electrons. The fourth-order valence-corrected chi connectivity index (χ4v) is 3.23. The molecular weight excluding hydrogens is 371 g/mol. The topological polar surface area (TPSA) is 95.5 Å². The highest BCUT2D eigenvalue weighted by atomic mass is 35.5. The fraction of sp³-hybridized carbons (Fsp3) is 0.188. The first-order valence-electron chi connectivity index (χ1n) is 7.30. The van der Waals surface area contributed by atoms with Gasteiger partial charge in [-0.3, -0.25) is 4.79 Å². The number of rotatable bonds is 7. The molecule has 3 N–H and O–H groups in total. The molecule has 0 aromatic heterocycles. The smallest absolute Gasteiger partial charge is 0.255 e. The van der Waals surface area contributed by atoms with Crippen molar-refractivity contribution in [3.63, 3.8) is 0 Å². The molecule has 0 radical (unpaired) electrons. The van der Waals surface area contributed by atoms with Gasteiger partial charge in [-0.05, 0) is 42.8 Å². The summed E-state index contributed by atoms with van der Waals surface area (Å²) >= 11 is 5.80. The van der Waals surface area contributed by atoms with Gasteiger partial charge in [-0.15, -0.1) is 0 Å². The first-order valence-corrected chi connectivity index (χ1v) is 9.16. The summed E-state index contributed by atoms with van der Waals surface area (Å²) in [6, 6.07) is 9.29. The number of hydrogen-bond donors (Lipinski definition) is 3. The summed E-state index contributed by atoms with van der Waals surface area (Å²) in [7, 11) is -3.89. The van der Waals surface area contributed by atoms with E-state index < -0.39 is 21.7 Å². The Kier molecular flexibility index (Phi) is 6.49. The zero-order chi connectivity index (χ0) is 18.4. The number of sulfonamides is 1. The molecule has 0 saturated carbocycles. The Labute approximate surface area is 149 Å². The number of hydrogen-bond acceptors (Lipinski definition) is 4. The molecule has 25 heavy (non-hydrogen) atoms. The quantitative estimate of drug-likeness (QED) is 0.637. The monoisotopic (exact) mass is 386 g/mol. The average molecular weight is 387 g/mol. The molecule has 0 unspecified atom stereocenters. The molecule has 2 aromatic carbocycles. The minimum absolute atomic E-state index is 0.0354. The lowest BCUT2D eigenvalue weighted by atomic mass is 10.2. The Morgan fingerprint density at radius 1 is 1.20 bits per heavy atom. The van der Waals surface area contributed by atoms with E-state index in [1.54, 1.807) is 12.1 Å². The van der Waals surface area contributed by atoms with Crippen LogP contribution < -0.4 is 10.0 Å². The van der Waals surface area contributed by atoms with Gasteiger partial charge < -0.3 is 10.4 Å². The van der Waals surface area contributed by atoms with Crippen LogP contribution in [0.15, 0.2) is 47.4 Å². The first kappa shape index (κ1) is 19.3. The van der Waals surface area contributed by atoms with Crippen molar-refractivity contribution in [1.82, 2.24) is 4.72 Å². The minimum Gasteiger partial charge on any atom is -0.396 e. The molecule has 0 fully saturated rings. The third-order valence-electron chi connectivity index (χ3n) is 3.21. The highest BCUT2D eigenvalue weighted by molar-refractivity contribution is 7.89. The normalized spacial score (nSPS) is 11.3. The number of benzene rings is 2. The van der Waals surface area contributed by atoms with Crippen LogP contribution in [0.25, 0.3) is 0 Å². The van der Waals surface area contributed by atoms with Crippen molar-refractivity contribution in [1.29, 1.82) is 0 Å². The molecule has 0 aliphatic rings. The largest absolute Gasteiger partial charge is 0.396 e. The first-order chi connectivity index (χ1) is 11.8. The fourth-order valence-electron chi connectivity index (χ4n) is 1.96. The van der Waals surface area contributed by atoms with E-state index in [1.165, 1.54) is 24.3 Å². The Bertz CT molecular complexity index is 874. The van der Waals surface area contributed by atoms with Gasteiger partial charge in [-0.2, -0.15) is 0 Å². The number of halogens is 2. The molecule has 9 heteroatoms. The third kappa shape index (κ3) is 5.23. The van der Waals surface area contributed by atoms with Crippen molar-refractivity contribution >= 4 is 33.2 Å². The van der Waals surface area contributed by atoms with Gasteiger partial charge in [0.2, 0.25) is 10.0 Å². The third-order valence-corrected chi connectivity index (χ3v) is 4.91. The lowest BCUT2D eigenvalue weighted by Gasteiger charge is -2.10. The van der Waals surface area contributed by atoms with Crippen LogP contribution in [0.2, 0.25) is 5.02 Å². The number of aliphatic hydroxyl groups excluding tert-OH is 1. The van der Waals surface area contributed by atoms with Crippen LogP contribution in [0.5, 0.6) is 0 Å². The van der Waals surface area contributed by atoms with E-state index in [2.05, 4.69) is 10.0 Å². The maximum Gasteiger partial charge on any atom is 0.255 e. The summed E-state index contributed by atoms with van der Waals surface area (Å²) < 4.78 is 40.4. The Hall–Kier alpha value is -2.00. The SMILES string of the molecule is O=C(Nc1ccc(S(=O)(=O)NCCCO)cc1F)c1cccc(Cl)c1. The van der Waals surface area contributed by atoms with E-state index in [1.807, 2.05) is 0 Å². The molecule has 0 aliphatic carbocycles. The Morgan fingerprint density at radius 2 is 1.96 bits per heavy atom. The molecule has 0 saturated heterocycles. The maximum absolute atomic E-state index is 14.2. The van der Waals surface area contributed by atoms with Crippen molar-refractivity contribution in [3.05, 3.63) is 58.9 Å². The van der Waals surface area contributed by atoms with Crippen molar-refractivity contribution < 1.29 is 22.7 Å². The molecule has 2 rings (SSSR count). The summed E-state index contributed by atoms with van der Waals surface area (Å²) in [5.74, 6) is -1.46. The summed E-state index contributed by atoms with van der Waals surface area (Å²) in [5, 5.41) is 11.4. The van der Waals surface area contributed by atoms with Crippen LogP contribution in [0.1, 0.15) is 16.8 Å². The molecule has 0 heterocycles. The van der Waals surface area contributed by atoms with Gasteiger partial charge in [-0.25, -0.2) is 17.5 Å². The molecule has 0 aliphatic heterocycles. The van der Waals surface area contributed by atoms with Gasteiger partial charge >= 0.3 is 0 Å². The number of anilines is 1. The van der Waals surface area contributed by atoms with Crippen LogP contribution in [0.4, 0.5) is 10.1 Å². The van der Waals surface area contributed by atoms with Crippen LogP contribution in [-0.2, 0) is 10.0 Å². The summed E-state index contributed by atoms with van der Waals surface area (Å²) in [4.78, 5) is 11.8. The second-order valence-electron chi connectivity index (χ2n) is 5.08. The predicted molar refractivity (Wildman–Crippen MR) is 92.7 cm³/mol. The van der Waals surface area contributed by atoms with E-state index in [9.17, 15) is 17.6 Å². The second kappa shape index (κ2) is 8.39. The van der Waals surface area contributed by atoms with Gasteiger partial charge in [0, 0.05) is 23.7 Å². The van der Waals surface area contributed by atoms with Crippen molar-refractivity contribution in [2.45, 2.75) is 11.3 Å². The van der Waals surface area contributed by atoms with Gasteiger partial charge in [0.15, 0.2) is 0 Å². The van der Waals surface area contributed by atoms with Crippen molar-refractivity contribution in [2.75, 3.05) is 18.5 Å². The second-order valence-corrected chi connectivity index (χ2v) is 7.28. The van der Waals surface area contributed by atoms with E-state index in [4.69, 9.17) is 16.7 Å². The minimum atomic E-state index is -3.89. The van der Waals surface area contributed by atoms with Gasteiger partial charge in [0.25, 0.3) is 5.91 Å². The van der Waals surface area contributed by atoms with Gasteiger partial charge in [0.05, 0.1) is 10.6 Å². The average Bonchev–Trinajstić information content (AvgIpc) is 2.56. The number of carbonyl (C=O) groups is 1. The molecule has 0 bridgehead atoms. The van der Waals surface area contributed by atoms with Gasteiger partial charge in [-0.1, -0.05) is 17.7 Å². The van der Waals surface area contributed by atoms with Crippen molar-refractivity contribution in [3.8, 4) is 0 Å². The molecule has 6 nitrogen and oxygen atoms in total. The van der Waals surface area contributed by atoms with E-state index in [0.29, 0.717) is 5.02 Å². The lowest BCUT2D eigenvalue weighted by molar-refractivity contribution is 0.102. The molecule has 0 spiro atoms. The number of aliphatic hydroxyl groups is 1. The highest BCUT2D eigenvalue weighted by Gasteiger charge is 2.17. The lowest BCUT2D eigenvalue weighted by Crippen LogP contribution is -2.25. The van der Waals surface area contributed by atoms with Crippen molar-refractivity contribution in [2.24, 2.45) is 0 Å². The number of carbonyl (C=O) groups excluding carboxylic acids is 1. The summed E-state index contributed by atoms with van der Waals surface area (Å²) in [6.07, 6.45) is 0.246. The zero-order valence-corrected chi connectivity index (χ0v) is 14.6. The van der Waals surface area contributed by atoms with Crippen LogP contribution >= 0.6 is 11.6 Å². The zero-order valence-electron chi connectivity index (χ0n) is 13.0. The Balaban J connectivity index is 2.15. The van der Waals surface area contributed by atoms with Crippen LogP contribution in [0.3, 0.4) is 0 Å². The highest BCUT2D eigenvalue weighted by Crippen LogP contribution is 2.20. The van der Waals surface area contributed by atoms with Gasteiger partial charge in [0.1, 0.15) is 5.82 Å². The van der Waals surface area contributed by atoms with E-state index in [0.717, 1.165) is 6.07 Å². The number of nitrogens with one attached hydrogen (secondary N) is 2. The molecule has 0 atom stereocenters. The predicted octanol–water partition coefficient (Wildman–Crippen LogP) is 2.39. The standard InChI is InChI=1S/C16H16ClFN2O4S/c17-12-4-1-3-11(9-12)16(22)20-15-6-5-13(10-14(15)18)25(23,24)19-7-2-8-21/h1,3-6,9-10,19,21H,2,7-8H2,(H,20,22). The summed E-state index contributed by atoms with van der Waals surface area (Å²) in [6.45, 7) is -0.126. The molecule has 2 aromatic rings. The molecular formula is C16H16ClFN2O4S. The number of amides is 1. The molecule has 1 amide bonds. The van der Waals surface area contributed by atoms with E-state index >= 15 is 0 Å². The van der Waals surface area contributed by atoms with Crippen LogP contribution in [0, 0.1) is 5.82 Å². The summed E-state index contributed by atoms with van der Waals surface area (Å²) in [5.41, 5.74) is 0.0913.